The Hall–Kier alpha value is -6.29. The number of hydrogen-bond acceptors (Lipinski definition) is 3. The first-order valence-corrected chi connectivity index (χ1v) is 17.8. The van der Waals surface area contributed by atoms with E-state index in [2.05, 4.69) is 181 Å². The molecule has 0 radical (unpaired) electrons. The van der Waals surface area contributed by atoms with Gasteiger partial charge in [-0.1, -0.05) is 133 Å². The fraction of sp³-hybridized carbons (Fsp3) is 0. The van der Waals surface area contributed by atoms with Gasteiger partial charge in [0.2, 0.25) is 0 Å². The van der Waals surface area contributed by atoms with Gasteiger partial charge in [0.1, 0.15) is 5.82 Å². The molecule has 10 aromatic rings. The van der Waals surface area contributed by atoms with Gasteiger partial charge in [0, 0.05) is 37.7 Å². The molecule has 0 atom stereocenters. The summed E-state index contributed by atoms with van der Waals surface area (Å²) in [6, 6.07) is 63.6. The van der Waals surface area contributed by atoms with Crippen molar-refractivity contribution in [2.24, 2.45) is 0 Å². The van der Waals surface area contributed by atoms with Crippen LogP contribution in [0.2, 0.25) is 0 Å². The second-order valence-corrected chi connectivity index (χ2v) is 13.9. The Morgan fingerprint density at radius 2 is 0.940 bits per heavy atom. The maximum absolute atomic E-state index is 5.06. The van der Waals surface area contributed by atoms with Crippen LogP contribution in [-0.2, 0) is 0 Å². The van der Waals surface area contributed by atoms with Crippen LogP contribution in [0.1, 0.15) is 0 Å². The second kappa shape index (κ2) is 11.7. The molecule has 0 N–H and O–H groups in total. The van der Waals surface area contributed by atoms with E-state index in [1.807, 2.05) is 17.5 Å². The van der Waals surface area contributed by atoms with E-state index in [1.54, 1.807) is 0 Å². The first-order chi connectivity index (χ1) is 24.8. The molecule has 3 heteroatoms. The monoisotopic (exact) mass is 654 g/mol. The Balaban J connectivity index is 1.08. The lowest BCUT2D eigenvalue weighted by Gasteiger charge is -2.25. The molecule has 2 nitrogen and oxygen atoms in total. The summed E-state index contributed by atoms with van der Waals surface area (Å²) < 4.78 is 2.51. The molecule has 10 rings (SSSR count). The Kier molecular flexibility index (Phi) is 6.71. The van der Waals surface area contributed by atoms with Gasteiger partial charge < -0.3 is 0 Å². The second-order valence-electron chi connectivity index (χ2n) is 12.8. The fourth-order valence-corrected chi connectivity index (χ4v) is 8.50. The van der Waals surface area contributed by atoms with Crippen LogP contribution in [0.3, 0.4) is 0 Å². The molecule has 234 valence electrons. The van der Waals surface area contributed by atoms with E-state index in [1.165, 1.54) is 74.7 Å². The first kappa shape index (κ1) is 28.7. The molecule has 2 aromatic heterocycles. The number of benzene rings is 8. The lowest BCUT2D eigenvalue weighted by atomic mass is 9.94. The maximum atomic E-state index is 5.06. The summed E-state index contributed by atoms with van der Waals surface area (Å²) in [6.07, 6.45) is 2.03. The number of nitrogens with zero attached hydrogens (tertiary/aromatic N) is 2. The Morgan fingerprint density at radius 3 is 1.70 bits per heavy atom. The number of fused-ring (bicyclic) bond motifs is 8. The average molecular weight is 655 g/mol. The summed E-state index contributed by atoms with van der Waals surface area (Å²) in [4.78, 5) is 7.33. The smallest absolute Gasteiger partial charge is 0.138 e. The van der Waals surface area contributed by atoms with Gasteiger partial charge >= 0.3 is 0 Å². The molecule has 50 heavy (non-hydrogen) atoms. The van der Waals surface area contributed by atoms with E-state index >= 15 is 0 Å². The lowest BCUT2D eigenvalue weighted by molar-refractivity contribution is 1.19. The molecule has 8 aromatic carbocycles. The summed E-state index contributed by atoms with van der Waals surface area (Å²) in [7, 11) is 0. The van der Waals surface area contributed by atoms with Crippen LogP contribution in [0, 0.1) is 0 Å². The highest BCUT2D eigenvalue weighted by atomic mass is 32.1. The number of anilines is 3. The number of pyridine rings is 1. The van der Waals surface area contributed by atoms with E-state index in [0.717, 1.165) is 17.2 Å². The maximum Gasteiger partial charge on any atom is 0.138 e. The van der Waals surface area contributed by atoms with Crippen LogP contribution in [0.5, 0.6) is 0 Å². The molecule has 2 heterocycles. The summed E-state index contributed by atoms with van der Waals surface area (Å²) in [5, 5.41) is 10.1. The van der Waals surface area contributed by atoms with Gasteiger partial charge in [-0.25, -0.2) is 4.98 Å². The van der Waals surface area contributed by atoms with E-state index in [9.17, 15) is 0 Å². The third kappa shape index (κ3) is 4.82. The summed E-state index contributed by atoms with van der Waals surface area (Å²) in [5.41, 5.74) is 6.90. The third-order valence-electron chi connectivity index (χ3n) is 9.90. The zero-order valence-corrected chi connectivity index (χ0v) is 27.9. The summed E-state index contributed by atoms with van der Waals surface area (Å²) in [5.74, 6) is 0.897. The lowest BCUT2D eigenvalue weighted by Crippen LogP contribution is -2.11. The molecule has 0 amide bonds. The van der Waals surface area contributed by atoms with Gasteiger partial charge in [0.25, 0.3) is 0 Å². The molecular formula is C47H30N2S. The van der Waals surface area contributed by atoms with Gasteiger partial charge in [0.05, 0.1) is 0 Å². The van der Waals surface area contributed by atoms with E-state index in [-0.39, 0.29) is 0 Å². The van der Waals surface area contributed by atoms with Crippen molar-refractivity contribution in [3.63, 3.8) is 0 Å². The highest BCUT2D eigenvalue weighted by Crippen LogP contribution is 2.41. The Labute approximate surface area is 294 Å². The van der Waals surface area contributed by atoms with E-state index in [0.29, 0.717) is 0 Å². The zero-order chi connectivity index (χ0) is 33.0. The molecule has 0 aliphatic heterocycles. The fourth-order valence-electron chi connectivity index (χ4n) is 7.39. The van der Waals surface area contributed by atoms with Crippen molar-refractivity contribution in [1.29, 1.82) is 0 Å². The van der Waals surface area contributed by atoms with Crippen LogP contribution in [-0.4, -0.2) is 4.98 Å². The van der Waals surface area contributed by atoms with Crippen LogP contribution in [0.15, 0.2) is 182 Å². The number of rotatable bonds is 5. The average Bonchev–Trinajstić information content (AvgIpc) is 3.56. The van der Waals surface area contributed by atoms with Gasteiger partial charge in [-0.2, -0.15) is 0 Å². The standard InChI is InChI=1S/C47H30N2S/c1-2-8-31(9-3-1)32-20-24-38(25-21-32)49(46-29-45-43(30-48-46)41-12-6-7-13-44(41)50-45)39-26-22-33(23-27-39)37-19-16-35-15-18-36-17-14-34-10-4-5-11-40(34)47(36)42(35)28-37/h1-30H. The van der Waals surface area contributed by atoms with Crippen molar-refractivity contribution < 1.29 is 0 Å². The molecule has 0 aliphatic rings. The largest absolute Gasteiger partial charge is 0.295 e. The molecule has 0 unspecified atom stereocenters. The Bertz CT molecular complexity index is 2850. The Morgan fingerprint density at radius 1 is 0.380 bits per heavy atom. The number of thiophene rings is 1. The van der Waals surface area contributed by atoms with Gasteiger partial charge in [-0.05, 0) is 97.0 Å². The highest BCUT2D eigenvalue weighted by molar-refractivity contribution is 7.25. The zero-order valence-electron chi connectivity index (χ0n) is 27.1. The molecular weight excluding hydrogens is 625 g/mol. The van der Waals surface area contributed by atoms with E-state index < -0.39 is 0 Å². The minimum absolute atomic E-state index is 0.897. The van der Waals surface area contributed by atoms with Gasteiger partial charge in [0.15, 0.2) is 0 Å². The summed E-state index contributed by atoms with van der Waals surface area (Å²) in [6.45, 7) is 0. The topological polar surface area (TPSA) is 16.1 Å². The van der Waals surface area contributed by atoms with Gasteiger partial charge in [-0.15, -0.1) is 11.3 Å². The SMILES string of the molecule is c1ccc(-c2ccc(N(c3ccc(-c4ccc5ccc6ccc7ccccc7c6c5c4)cc3)c3cc4sc5ccccc5c4cn3)cc2)cc1. The van der Waals surface area contributed by atoms with Gasteiger partial charge in [-0.3, -0.25) is 4.90 Å². The molecule has 0 saturated heterocycles. The normalized spacial score (nSPS) is 11.6. The third-order valence-corrected chi connectivity index (χ3v) is 11.0. The minimum Gasteiger partial charge on any atom is -0.295 e. The van der Waals surface area contributed by atoms with Crippen molar-refractivity contribution in [2.45, 2.75) is 0 Å². The highest BCUT2D eigenvalue weighted by Gasteiger charge is 2.17. The number of aromatic nitrogens is 1. The van der Waals surface area contributed by atoms with Crippen LogP contribution >= 0.6 is 11.3 Å². The predicted octanol–water partition coefficient (Wildman–Crippen LogP) is 13.7. The molecule has 0 bridgehead atoms. The van der Waals surface area contributed by atoms with Crippen molar-refractivity contribution in [1.82, 2.24) is 4.98 Å². The quantitative estimate of drug-likeness (QED) is 0.172. The van der Waals surface area contributed by atoms with Crippen LogP contribution in [0.4, 0.5) is 17.2 Å². The number of hydrogen-bond donors (Lipinski definition) is 0. The molecule has 0 saturated carbocycles. The van der Waals surface area contributed by atoms with Crippen molar-refractivity contribution in [3.8, 4) is 22.3 Å². The van der Waals surface area contributed by atoms with Crippen molar-refractivity contribution in [2.75, 3.05) is 4.90 Å². The van der Waals surface area contributed by atoms with E-state index in [4.69, 9.17) is 4.98 Å². The summed E-state index contributed by atoms with van der Waals surface area (Å²) >= 11 is 1.82. The first-order valence-electron chi connectivity index (χ1n) is 16.9. The van der Waals surface area contributed by atoms with Crippen molar-refractivity contribution in [3.05, 3.63) is 182 Å². The predicted molar refractivity (Wildman–Crippen MR) is 215 cm³/mol. The van der Waals surface area contributed by atoms with Crippen LogP contribution in [0.25, 0.3) is 74.7 Å². The molecule has 0 fully saturated rings. The van der Waals surface area contributed by atoms with Crippen molar-refractivity contribution >= 4 is 81.0 Å². The minimum atomic E-state index is 0.897. The molecule has 0 aliphatic carbocycles. The van der Waals surface area contributed by atoms with Crippen LogP contribution < -0.4 is 4.90 Å². The molecule has 0 spiro atoms.